The Morgan fingerprint density at radius 2 is 1.36 bits per heavy atom. The topological polar surface area (TPSA) is 77.0 Å². The molecule has 1 unspecified atom stereocenters. The van der Waals surface area contributed by atoms with Crippen molar-refractivity contribution in [1.82, 2.24) is 5.32 Å². The lowest BCUT2D eigenvalue weighted by Gasteiger charge is -2.45. The van der Waals surface area contributed by atoms with Gasteiger partial charge in [-0.25, -0.2) is 4.79 Å². The third-order valence-corrected chi connectivity index (χ3v) is 15.8. The van der Waals surface area contributed by atoms with Crippen molar-refractivity contribution < 1.29 is 23.8 Å². The van der Waals surface area contributed by atoms with Gasteiger partial charge in [0.1, 0.15) is 18.0 Å². The van der Waals surface area contributed by atoms with Crippen LogP contribution >= 0.6 is 23.4 Å². The molecule has 1 atom stereocenters. The van der Waals surface area contributed by atoms with Crippen LogP contribution in [0.4, 0.5) is 4.79 Å². The van der Waals surface area contributed by atoms with E-state index in [0.717, 1.165) is 37.0 Å². The zero-order valence-electron chi connectivity index (χ0n) is 32.8. The van der Waals surface area contributed by atoms with Gasteiger partial charge in [0.15, 0.2) is 0 Å². The number of amides is 1. The molecule has 0 saturated carbocycles. The lowest BCUT2D eigenvalue weighted by molar-refractivity contribution is 0.0289. The molecule has 6 nitrogen and oxygen atoms in total. The van der Waals surface area contributed by atoms with Crippen molar-refractivity contribution in [3.8, 4) is 5.75 Å². The fourth-order valence-electron chi connectivity index (χ4n) is 6.78. The van der Waals surface area contributed by atoms with Crippen LogP contribution in [-0.4, -0.2) is 43.9 Å². The van der Waals surface area contributed by atoms with Crippen molar-refractivity contribution in [3.63, 3.8) is 0 Å². The number of nitrogens with one attached hydrogen (secondary N) is 1. The third-order valence-electron chi connectivity index (χ3n) is 9.47. The van der Waals surface area contributed by atoms with E-state index in [1.165, 1.54) is 0 Å². The van der Waals surface area contributed by atoms with Crippen LogP contribution in [0.5, 0.6) is 5.75 Å². The Morgan fingerprint density at radius 1 is 0.764 bits per heavy atom. The molecule has 0 radical (unpaired) electrons. The van der Waals surface area contributed by atoms with E-state index in [9.17, 15) is 9.90 Å². The smallest absolute Gasteiger partial charge is 0.408 e. The second-order valence-electron chi connectivity index (χ2n) is 16.0. The summed E-state index contributed by atoms with van der Waals surface area (Å²) >= 11 is 8.52. The average Bonchev–Trinajstić information content (AvgIpc) is 3.15. The molecule has 0 aliphatic heterocycles. The summed E-state index contributed by atoms with van der Waals surface area (Å²) in [6.45, 7) is 12.4. The maximum absolute atomic E-state index is 13.4. The summed E-state index contributed by atoms with van der Waals surface area (Å²) in [7, 11) is -2.98. The first kappa shape index (κ1) is 42.1. The van der Waals surface area contributed by atoms with Gasteiger partial charge in [0.25, 0.3) is 8.32 Å². The predicted octanol–water partition coefficient (Wildman–Crippen LogP) is 10.2. The second kappa shape index (κ2) is 18.7. The van der Waals surface area contributed by atoms with E-state index in [4.69, 9.17) is 25.5 Å². The average molecular weight is 797 g/mol. The number of carbonyl (C=O) groups is 1. The highest BCUT2D eigenvalue weighted by Crippen LogP contribution is 2.38. The Morgan fingerprint density at radius 3 is 1.93 bits per heavy atom. The van der Waals surface area contributed by atoms with Crippen molar-refractivity contribution in [3.05, 3.63) is 150 Å². The quantitative estimate of drug-likeness (QED) is 0.0969. The van der Waals surface area contributed by atoms with Gasteiger partial charge in [-0.15, -0.1) is 0 Å². The number of aliphatic hydroxyl groups is 1. The number of aryl methyl sites for hydroxylation is 1. The van der Waals surface area contributed by atoms with E-state index >= 15 is 0 Å². The molecular weight excluding hydrogens is 742 g/mol. The van der Waals surface area contributed by atoms with Crippen LogP contribution in [0.15, 0.2) is 143 Å². The standard InChI is InChI=1S/C46H54ClNO5SSi/c1-44(2,3)53-43(50)48-46(33-49,34-52-55(45(4,5)6,40-23-12-8-13-24-40)41-25-14-9-15-26-41)29-17-20-36-27-28-39(31-42(36)47)54-38-22-16-21-37(30-38)51-32-35-18-10-7-11-19-35/h7-16,18-19,21-28,30-31,49H,17,20,29,32-34H2,1-6H3,(H,48,50). The largest absolute Gasteiger partial charge is 0.489 e. The molecule has 0 saturated heterocycles. The van der Waals surface area contributed by atoms with Crippen LogP contribution in [0, 0.1) is 0 Å². The fourth-order valence-corrected chi connectivity index (χ4v) is 12.7. The number of hydrogen-bond acceptors (Lipinski definition) is 6. The third kappa shape index (κ3) is 11.5. The van der Waals surface area contributed by atoms with Crippen molar-refractivity contribution in [2.24, 2.45) is 0 Å². The normalized spacial score (nSPS) is 13.2. The van der Waals surface area contributed by atoms with Gasteiger partial charge >= 0.3 is 6.09 Å². The molecular formula is C46H54ClNO5SSi. The van der Waals surface area contributed by atoms with Crippen LogP contribution < -0.4 is 20.4 Å². The monoisotopic (exact) mass is 795 g/mol. The van der Waals surface area contributed by atoms with E-state index in [0.29, 0.717) is 30.9 Å². The van der Waals surface area contributed by atoms with Gasteiger partial charge in [0.05, 0.1) is 18.8 Å². The highest BCUT2D eigenvalue weighted by molar-refractivity contribution is 7.99. The van der Waals surface area contributed by atoms with E-state index in [1.807, 2.05) is 112 Å². The number of hydrogen-bond donors (Lipinski definition) is 2. The Hall–Kier alpha value is -4.05. The zero-order valence-corrected chi connectivity index (χ0v) is 35.4. The minimum absolute atomic E-state index is 0.0907. The molecule has 5 rings (SSSR count). The van der Waals surface area contributed by atoms with Crippen molar-refractivity contribution in [2.75, 3.05) is 13.2 Å². The van der Waals surface area contributed by atoms with Gasteiger partial charge in [-0.05, 0) is 96.9 Å². The summed E-state index contributed by atoms with van der Waals surface area (Å²) in [4.78, 5) is 15.4. The Balaban J connectivity index is 1.33. The first-order valence-corrected chi connectivity index (χ1v) is 21.9. The Kier molecular flexibility index (Phi) is 14.3. The highest BCUT2D eigenvalue weighted by Gasteiger charge is 2.51. The number of benzene rings is 5. The maximum atomic E-state index is 13.4. The lowest BCUT2D eigenvalue weighted by atomic mass is 9.93. The number of aliphatic hydroxyl groups excluding tert-OH is 1. The molecule has 0 bridgehead atoms. The first-order valence-electron chi connectivity index (χ1n) is 18.8. The van der Waals surface area contributed by atoms with Crippen molar-refractivity contribution in [1.29, 1.82) is 0 Å². The van der Waals surface area contributed by atoms with Crippen molar-refractivity contribution in [2.45, 2.75) is 93.4 Å². The van der Waals surface area contributed by atoms with Gasteiger partial charge in [-0.3, -0.25) is 0 Å². The number of alkyl carbamates (subject to hydrolysis) is 1. The summed E-state index contributed by atoms with van der Waals surface area (Å²) in [5, 5.41) is 16.8. The van der Waals surface area contributed by atoms with E-state index < -0.39 is 25.6 Å². The molecule has 0 spiro atoms. The van der Waals surface area contributed by atoms with E-state index in [1.54, 1.807) is 11.8 Å². The highest BCUT2D eigenvalue weighted by atomic mass is 35.5. The fraction of sp³-hybridized carbons (Fsp3) is 0.326. The Bertz CT molecular complexity index is 1930. The van der Waals surface area contributed by atoms with Crippen LogP contribution in [0.2, 0.25) is 10.1 Å². The first-order chi connectivity index (χ1) is 26.2. The number of ether oxygens (including phenoxy) is 2. The summed E-state index contributed by atoms with van der Waals surface area (Å²) in [5.74, 6) is 0.808. The molecule has 9 heteroatoms. The molecule has 0 aromatic heterocycles. The summed E-state index contributed by atoms with van der Waals surface area (Å²) < 4.78 is 19.0. The second-order valence-corrected chi connectivity index (χ2v) is 21.8. The van der Waals surface area contributed by atoms with E-state index in [2.05, 4.69) is 68.6 Å². The number of halogens is 1. The van der Waals surface area contributed by atoms with Crippen LogP contribution in [-0.2, 0) is 22.2 Å². The summed E-state index contributed by atoms with van der Waals surface area (Å²) in [6.07, 6.45) is 1.11. The van der Waals surface area contributed by atoms with E-state index in [-0.39, 0.29) is 18.3 Å². The van der Waals surface area contributed by atoms with Gasteiger partial charge in [-0.2, -0.15) is 0 Å². The predicted molar refractivity (Wildman–Crippen MR) is 228 cm³/mol. The van der Waals surface area contributed by atoms with Gasteiger partial charge in [0, 0.05) is 14.8 Å². The van der Waals surface area contributed by atoms with Gasteiger partial charge < -0.3 is 24.3 Å². The number of carbonyl (C=O) groups excluding carboxylic acids is 1. The Labute approximate surface area is 337 Å². The summed E-state index contributed by atoms with van der Waals surface area (Å²) in [5.41, 5.74) is 0.272. The van der Waals surface area contributed by atoms with Crippen LogP contribution in [0.3, 0.4) is 0 Å². The summed E-state index contributed by atoms with van der Waals surface area (Å²) in [6, 6.07) is 45.0. The minimum Gasteiger partial charge on any atom is -0.489 e. The maximum Gasteiger partial charge on any atom is 0.408 e. The lowest BCUT2D eigenvalue weighted by Crippen LogP contribution is -2.69. The molecule has 55 heavy (non-hydrogen) atoms. The van der Waals surface area contributed by atoms with Gasteiger partial charge in [-0.1, -0.05) is 147 Å². The minimum atomic E-state index is -2.98. The molecule has 0 aliphatic rings. The molecule has 0 heterocycles. The molecule has 0 fully saturated rings. The molecule has 2 N–H and O–H groups in total. The van der Waals surface area contributed by atoms with Crippen LogP contribution in [0.1, 0.15) is 65.5 Å². The van der Waals surface area contributed by atoms with Crippen LogP contribution in [0.25, 0.3) is 0 Å². The SMILES string of the molecule is CC(C)(C)OC(=O)NC(CO)(CCCc1ccc(Sc2cccc(OCc3ccccc3)c2)cc1Cl)CO[Si](c1ccccc1)(c1ccccc1)C(C)(C)C. The molecule has 5 aromatic carbocycles. The zero-order chi connectivity index (χ0) is 39.5. The number of rotatable bonds is 16. The molecule has 0 aliphatic carbocycles. The molecule has 1 amide bonds. The molecule has 290 valence electrons. The van der Waals surface area contributed by atoms with Crippen molar-refractivity contribution >= 4 is 48.1 Å². The molecule has 5 aromatic rings. The van der Waals surface area contributed by atoms with Gasteiger partial charge in [0.2, 0.25) is 0 Å².